The Kier molecular flexibility index (Phi) is 14.3. The van der Waals surface area contributed by atoms with Gasteiger partial charge >= 0.3 is 12.1 Å². The number of para-hydroxylation sites is 1. The fraction of sp³-hybridized carbons (Fsp3) is 0.341. The number of hydrogen-bond acceptors (Lipinski definition) is 8. The van der Waals surface area contributed by atoms with Crippen molar-refractivity contribution in [1.82, 2.24) is 20.9 Å². The van der Waals surface area contributed by atoms with Gasteiger partial charge in [-0.25, -0.2) is 14.6 Å². The molecule has 6 rings (SSSR count). The Balaban J connectivity index is 0.953. The minimum atomic E-state index is -1.24. The number of hydrogen-bond donors (Lipinski definition) is 4. The van der Waals surface area contributed by atoms with Crippen LogP contribution in [-0.2, 0) is 16.1 Å². The van der Waals surface area contributed by atoms with Crippen LogP contribution >= 0.6 is 0 Å². The van der Waals surface area contributed by atoms with E-state index in [1.165, 1.54) is 29.7 Å². The Morgan fingerprint density at radius 1 is 0.825 bits per heavy atom. The topological polar surface area (TPSA) is 154 Å². The Morgan fingerprint density at radius 3 is 2.44 bits per heavy atom. The molecule has 0 unspecified atom stereocenters. The molecule has 57 heavy (non-hydrogen) atoms. The van der Waals surface area contributed by atoms with E-state index in [1.54, 1.807) is 43.4 Å². The molecule has 0 spiro atoms. The van der Waals surface area contributed by atoms with Crippen LogP contribution < -0.4 is 35.6 Å². The predicted octanol–water partition coefficient (Wildman–Crippen LogP) is 6.40. The van der Waals surface area contributed by atoms with Crippen molar-refractivity contribution in [2.45, 2.75) is 58.2 Å². The number of urea groups is 1. The van der Waals surface area contributed by atoms with E-state index >= 15 is 0 Å². The molecule has 2 heterocycles. The normalized spacial score (nSPS) is 15.4. The van der Waals surface area contributed by atoms with Crippen molar-refractivity contribution in [2.75, 3.05) is 50.1 Å². The van der Waals surface area contributed by atoms with Crippen molar-refractivity contribution < 1.29 is 28.7 Å². The van der Waals surface area contributed by atoms with Crippen molar-refractivity contribution in [3.05, 3.63) is 119 Å². The summed E-state index contributed by atoms with van der Waals surface area (Å²) in [7, 11) is 1.63. The summed E-state index contributed by atoms with van der Waals surface area (Å²) in [6.45, 7) is 6.40. The molecule has 13 heteroatoms. The Morgan fingerprint density at radius 2 is 1.60 bits per heavy atom. The quantitative estimate of drug-likeness (QED) is 0.102. The lowest BCUT2D eigenvalue weighted by Gasteiger charge is -2.26. The second-order valence-corrected chi connectivity index (χ2v) is 14.2. The minimum absolute atomic E-state index is 0.101. The third kappa shape index (κ3) is 11.9. The summed E-state index contributed by atoms with van der Waals surface area (Å²) in [6.07, 6.45) is 3.30. The second-order valence-electron chi connectivity index (χ2n) is 14.2. The van der Waals surface area contributed by atoms with Gasteiger partial charge in [0, 0.05) is 49.9 Å². The van der Waals surface area contributed by atoms with Crippen LogP contribution in [-0.4, -0.2) is 80.5 Å². The molecular formula is C44H51N7O6. The van der Waals surface area contributed by atoms with Gasteiger partial charge in [-0.15, -0.1) is 0 Å². The standard InChI is InChI=1S/C44H51N7O6/c1-31-13-8-16-34(27-31)47-43(54)49-41-42(53)50(2)38-20-5-4-19-37(38)40(48-41)33-15-10-18-36(29-33)57-44(55)46-22-11-21-39(52)45-23-12-26-56-35-17-9-14-32(28-35)30-51-24-6-3-7-25-51/h4-5,8-10,13-20,27-29,41H,3,6-7,11-12,21-26,30H2,1-2H3,(H,45,52)(H,46,55)(H2,47,49,54)/t41-/m0/s1. The van der Waals surface area contributed by atoms with Gasteiger partial charge in [0.05, 0.1) is 18.0 Å². The number of benzodiazepines with no additional fused rings is 1. The average Bonchev–Trinajstić information content (AvgIpc) is 3.30. The molecule has 1 atom stereocenters. The van der Waals surface area contributed by atoms with Gasteiger partial charge in [-0.2, -0.15) is 0 Å². The number of carbonyl (C=O) groups excluding carboxylic acids is 4. The van der Waals surface area contributed by atoms with Gasteiger partial charge in [-0.1, -0.05) is 61.0 Å². The number of rotatable bonds is 15. The molecule has 0 aromatic heterocycles. The van der Waals surface area contributed by atoms with E-state index in [9.17, 15) is 19.2 Å². The summed E-state index contributed by atoms with van der Waals surface area (Å²) < 4.78 is 11.5. The summed E-state index contributed by atoms with van der Waals surface area (Å²) in [5.41, 5.74) is 5.09. The van der Waals surface area contributed by atoms with E-state index in [2.05, 4.69) is 38.3 Å². The zero-order valence-electron chi connectivity index (χ0n) is 32.6. The number of piperidine rings is 1. The highest BCUT2D eigenvalue weighted by atomic mass is 16.6. The van der Waals surface area contributed by atoms with E-state index in [-0.39, 0.29) is 24.6 Å². The van der Waals surface area contributed by atoms with Crippen LogP contribution in [0.5, 0.6) is 11.5 Å². The first-order chi connectivity index (χ1) is 27.7. The Bertz CT molecular complexity index is 2060. The number of aryl methyl sites for hydroxylation is 1. The SMILES string of the molecule is Cc1cccc(NC(=O)N[C@@H]2N=C(c3cccc(OC(=O)NCCCC(=O)NCCCOc4cccc(CN5CCCCC5)c4)c3)c3ccccc3N(C)C2=O)c1. The Labute approximate surface area is 333 Å². The smallest absolute Gasteiger partial charge is 0.412 e. The third-order valence-corrected chi connectivity index (χ3v) is 9.72. The molecule has 4 N–H and O–H groups in total. The van der Waals surface area contributed by atoms with Crippen LogP contribution in [0.4, 0.5) is 21.0 Å². The van der Waals surface area contributed by atoms with Crippen LogP contribution in [0.15, 0.2) is 102 Å². The van der Waals surface area contributed by atoms with Gasteiger partial charge < -0.3 is 35.6 Å². The highest BCUT2D eigenvalue weighted by molar-refractivity contribution is 6.20. The van der Waals surface area contributed by atoms with Crippen LogP contribution in [0.25, 0.3) is 0 Å². The molecule has 298 valence electrons. The zero-order valence-corrected chi connectivity index (χ0v) is 32.6. The predicted molar refractivity (Wildman–Crippen MR) is 221 cm³/mol. The van der Waals surface area contributed by atoms with Gasteiger partial charge in [0.2, 0.25) is 12.1 Å². The molecule has 0 saturated carbocycles. The zero-order chi connectivity index (χ0) is 40.0. The fourth-order valence-corrected chi connectivity index (χ4v) is 6.84. The van der Waals surface area contributed by atoms with E-state index in [0.717, 1.165) is 30.9 Å². The number of benzene rings is 4. The molecule has 2 aliphatic rings. The van der Waals surface area contributed by atoms with E-state index in [4.69, 9.17) is 14.5 Å². The van der Waals surface area contributed by atoms with Crippen molar-refractivity contribution in [3.8, 4) is 11.5 Å². The number of amides is 5. The number of anilines is 2. The Hall–Kier alpha value is -6.21. The molecule has 0 radical (unpaired) electrons. The fourth-order valence-electron chi connectivity index (χ4n) is 6.84. The molecule has 1 saturated heterocycles. The van der Waals surface area contributed by atoms with Crippen LogP contribution in [0, 0.1) is 6.92 Å². The van der Waals surface area contributed by atoms with E-state index in [0.29, 0.717) is 54.2 Å². The third-order valence-electron chi connectivity index (χ3n) is 9.72. The maximum absolute atomic E-state index is 13.6. The number of nitrogens with zero attached hydrogens (tertiary/aromatic N) is 3. The monoisotopic (exact) mass is 773 g/mol. The van der Waals surface area contributed by atoms with Gasteiger partial charge in [-0.3, -0.25) is 14.5 Å². The van der Waals surface area contributed by atoms with Gasteiger partial charge in [0.25, 0.3) is 5.91 Å². The molecule has 13 nitrogen and oxygen atoms in total. The van der Waals surface area contributed by atoms with Gasteiger partial charge in [0.15, 0.2) is 0 Å². The summed E-state index contributed by atoms with van der Waals surface area (Å²) in [4.78, 5) is 60.4. The lowest BCUT2D eigenvalue weighted by Crippen LogP contribution is -2.47. The molecule has 0 aliphatic carbocycles. The number of ether oxygens (including phenoxy) is 2. The number of fused-ring (bicyclic) bond motifs is 1. The van der Waals surface area contributed by atoms with Gasteiger partial charge in [0.1, 0.15) is 11.5 Å². The average molecular weight is 774 g/mol. The summed E-state index contributed by atoms with van der Waals surface area (Å²) in [5, 5.41) is 11.1. The molecular weight excluding hydrogens is 723 g/mol. The first-order valence-electron chi connectivity index (χ1n) is 19.6. The lowest BCUT2D eigenvalue weighted by molar-refractivity contribution is -0.121. The van der Waals surface area contributed by atoms with Crippen LogP contribution in [0.3, 0.4) is 0 Å². The van der Waals surface area contributed by atoms with Crippen LogP contribution in [0.2, 0.25) is 0 Å². The minimum Gasteiger partial charge on any atom is -0.494 e. The molecule has 1 fully saturated rings. The van der Waals surface area contributed by atoms with Crippen LogP contribution in [0.1, 0.15) is 60.8 Å². The number of nitrogens with one attached hydrogen (secondary N) is 4. The number of likely N-dealkylation sites (tertiary alicyclic amines) is 1. The lowest BCUT2D eigenvalue weighted by atomic mass is 10.00. The molecule has 4 aromatic rings. The second kappa shape index (κ2) is 20.1. The molecule has 4 aromatic carbocycles. The van der Waals surface area contributed by atoms with Crippen molar-refractivity contribution in [3.63, 3.8) is 0 Å². The number of carbonyl (C=O) groups is 4. The highest BCUT2D eigenvalue weighted by Gasteiger charge is 2.31. The van der Waals surface area contributed by atoms with E-state index < -0.39 is 24.2 Å². The van der Waals surface area contributed by atoms with Crippen molar-refractivity contribution >= 4 is 41.0 Å². The summed E-state index contributed by atoms with van der Waals surface area (Å²) in [5.74, 6) is 0.570. The summed E-state index contributed by atoms with van der Waals surface area (Å²) in [6, 6.07) is 29.1. The number of likely N-dealkylation sites (N-methyl/N-ethyl adjacent to an activating group) is 1. The first kappa shape index (κ1) is 40.5. The van der Waals surface area contributed by atoms with Crippen molar-refractivity contribution in [2.24, 2.45) is 4.99 Å². The van der Waals surface area contributed by atoms with Crippen molar-refractivity contribution in [1.29, 1.82) is 0 Å². The molecule has 0 bridgehead atoms. The molecule has 5 amide bonds. The van der Waals surface area contributed by atoms with Gasteiger partial charge in [-0.05, 0) is 99.3 Å². The molecule has 2 aliphatic heterocycles. The maximum Gasteiger partial charge on any atom is 0.412 e. The highest BCUT2D eigenvalue weighted by Crippen LogP contribution is 2.28. The maximum atomic E-state index is 13.6. The number of aliphatic imine (C=N–C) groups is 1. The largest absolute Gasteiger partial charge is 0.494 e. The van der Waals surface area contributed by atoms with E-state index in [1.807, 2.05) is 55.5 Å². The summed E-state index contributed by atoms with van der Waals surface area (Å²) >= 11 is 0. The first-order valence-corrected chi connectivity index (χ1v) is 19.6.